The van der Waals surface area contributed by atoms with Gasteiger partial charge in [-0.15, -0.1) is 0 Å². The number of amides is 3. The van der Waals surface area contributed by atoms with Crippen LogP contribution in [0, 0.1) is 5.92 Å². The number of nitrogens with zero attached hydrogens (tertiary/aromatic N) is 3. The number of epoxide rings is 1. The summed E-state index contributed by atoms with van der Waals surface area (Å²) in [6.45, 7) is 4.23. The summed E-state index contributed by atoms with van der Waals surface area (Å²) >= 11 is 0. The molecule has 2 aliphatic heterocycles. The highest BCUT2D eigenvalue weighted by Gasteiger charge is 2.34. The highest BCUT2D eigenvalue weighted by molar-refractivity contribution is 5.99. The minimum atomic E-state index is -1.09. The summed E-state index contributed by atoms with van der Waals surface area (Å²) in [4.78, 5) is 57.8. The summed E-state index contributed by atoms with van der Waals surface area (Å²) in [6, 6.07) is 8.92. The Hall–Kier alpha value is -3.93. The van der Waals surface area contributed by atoms with Crippen molar-refractivity contribution in [1.29, 1.82) is 0 Å². The fraction of sp³-hybridized carbons (Fsp3) is 0.500. The molecule has 12 nitrogen and oxygen atoms in total. The Balaban J connectivity index is 1.36. The van der Waals surface area contributed by atoms with Crippen LogP contribution >= 0.6 is 0 Å². The van der Waals surface area contributed by atoms with Crippen LogP contribution in [0.3, 0.4) is 0 Å². The third-order valence-electron chi connectivity index (χ3n) is 6.36. The lowest BCUT2D eigenvalue weighted by atomic mass is 10.0. The highest BCUT2D eigenvalue weighted by Crippen LogP contribution is 2.26. The average Bonchev–Trinajstić information content (AvgIpc) is 3.78. The molecule has 0 bridgehead atoms. The summed E-state index contributed by atoms with van der Waals surface area (Å²) in [5.74, 6) is -2.10. The van der Waals surface area contributed by atoms with Crippen LogP contribution in [0.25, 0.3) is 10.9 Å². The monoisotopic (exact) mass is 528 g/mol. The first-order chi connectivity index (χ1) is 18.4. The molecule has 0 spiro atoms. The number of ether oxygens (including phenoxy) is 4. The first-order valence-corrected chi connectivity index (χ1v) is 12.6. The van der Waals surface area contributed by atoms with Crippen LogP contribution in [0.4, 0.5) is 4.79 Å². The zero-order chi connectivity index (χ0) is 27.1. The zero-order valence-electron chi connectivity index (χ0n) is 21.5. The summed E-state index contributed by atoms with van der Waals surface area (Å²) < 4.78 is 20.9. The number of hydrogen-bond acceptors (Lipinski definition) is 9. The quantitative estimate of drug-likeness (QED) is 0.274. The van der Waals surface area contributed by atoms with Crippen LogP contribution < -0.4 is 10.1 Å². The lowest BCUT2D eigenvalue weighted by Crippen LogP contribution is -2.53. The third kappa shape index (κ3) is 6.68. The minimum absolute atomic E-state index is 0.0469. The Labute approximate surface area is 220 Å². The fourth-order valence-corrected chi connectivity index (χ4v) is 4.18. The number of fused-ring (bicyclic) bond motifs is 1. The molecule has 0 saturated carbocycles. The second kappa shape index (κ2) is 12.5. The van der Waals surface area contributed by atoms with Gasteiger partial charge in [-0.3, -0.25) is 14.4 Å². The van der Waals surface area contributed by atoms with Crippen molar-refractivity contribution >= 4 is 34.8 Å². The number of nitrogens with one attached hydrogen (secondary N) is 1. The number of rotatable bonds is 10. The van der Waals surface area contributed by atoms with E-state index in [1.807, 2.05) is 18.2 Å². The van der Waals surface area contributed by atoms with Gasteiger partial charge in [-0.1, -0.05) is 12.1 Å². The van der Waals surface area contributed by atoms with E-state index in [2.05, 4.69) is 10.3 Å². The number of esters is 1. The lowest BCUT2D eigenvalue weighted by Gasteiger charge is -2.35. The Bertz CT molecular complexity index is 1180. The van der Waals surface area contributed by atoms with Gasteiger partial charge in [0.25, 0.3) is 5.91 Å². The summed E-state index contributed by atoms with van der Waals surface area (Å²) in [7, 11) is 1.22. The second-order valence-electron chi connectivity index (χ2n) is 8.92. The molecule has 2 atom stereocenters. The molecule has 4 rings (SSSR count). The van der Waals surface area contributed by atoms with Gasteiger partial charge >= 0.3 is 12.1 Å². The van der Waals surface area contributed by atoms with Crippen LogP contribution in [-0.4, -0.2) is 104 Å². The number of methoxy groups -OCH3 is 1. The summed E-state index contributed by atoms with van der Waals surface area (Å²) in [5, 5.41) is 3.52. The number of para-hydroxylation sites is 1. The minimum Gasteiger partial charge on any atom is -0.490 e. The molecule has 3 amide bonds. The van der Waals surface area contributed by atoms with Gasteiger partial charge < -0.3 is 34.1 Å². The normalized spacial score (nSPS) is 17.5. The molecule has 2 saturated heterocycles. The standard InChI is InChI=1S/C26H32N4O8/c1-3-36-26(34)30-12-10-29(11-13-30)24(32)19(25(33)35-2)8-9-27-23(31)21-14-22(38-16-17-15-37-17)18-6-4-5-7-20(18)28-21/h4-7,14,17,19H,3,8-13,15-16H2,1-2H3,(H,27,31). The van der Waals surface area contributed by atoms with E-state index in [0.29, 0.717) is 37.6 Å². The SMILES string of the molecule is CCOC(=O)N1CCN(C(=O)C(CCNC(=O)c2cc(OCC3CO3)c3ccccc3n2)C(=O)OC)CC1. The molecule has 0 aliphatic carbocycles. The zero-order valence-corrected chi connectivity index (χ0v) is 21.5. The number of pyridine rings is 1. The number of carbonyl (C=O) groups is 4. The predicted molar refractivity (Wildman–Crippen MR) is 135 cm³/mol. The van der Waals surface area contributed by atoms with Crippen molar-refractivity contribution in [3.05, 3.63) is 36.0 Å². The molecular weight excluding hydrogens is 496 g/mol. The Morgan fingerprint density at radius 2 is 1.84 bits per heavy atom. The van der Waals surface area contributed by atoms with Crippen LogP contribution in [0.1, 0.15) is 23.8 Å². The maximum absolute atomic E-state index is 13.1. The van der Waals surface area contributed by atoms with Crippen molar-refractivity contribution in [2.45, 2.75) is 19.4 Å². The Morgan fingerprint density at radius 1 is 1.13 bits per heavy atom. The summed E-state index contributed by atoms with van der Waals surface area (Å²) in [6.07, 6.45) is -0.325. The van der Waals surface area contributed by atoms with Gasteiger partial charge in [-0.05, 0) is 25.5 Å². The topological polar surface area (TPSA) is 140 Å². The second-order valence-corrected chi connectivity index (χ2v) is 8.92. The largest absolute Gasteiger partial charge is 0.490 e. The number of carbonyl (C=O) groups excluding carboxylic acids is 4. The molecule has 2 aromatic rings. The van der Waals surface area contributed by atoms with E-state index in [4.69, 9.17) is 18.9 Å². The van der Waals surface area contributed by atoms with E-state index in [1.54, 1.807) is 19.1 Å². The molecule has 1 aromatic carbocycles. The van der Waals surface area contributed by atoms with Gasteiger partial charge in [0.1, 0.15) is 30.1 Å². The smallest absolute Gasteiger partial charge is 0.409 e. The first-order valence-electron chi connectivity index (χ1n) is 12.6. The molecular formula is C26H32N4O8. The van der Waals surface area contributed by atoms with Gasteiger partial charge in [0, 0.05) is 44.2 Å². The van der Waals surface area contributed by atoms with E-state index in [-0.39, 0.29) is 44.5 Å². The van der Waals surface area contributed by atoms with E-state index < -0.39 is 29.8 Å². The van der Waals surface area contributed by atoms with Gasteiger partial charge in [0.15, 0.2) is 0 Å². The number of benzene rings is 1. The molecule has 3 heterocycles. The molecule has 38 heavy (non-hydrogen) atoms. The van der Waals surface area contributed by atoms with E-state index in [1.165, 1.54) is 16.9 Å². The number of aromatic nitrogens is 1. The number of piperazine rings is 1. The van der Waals surface area contributed by atoms with Gasteiger partial charge in [0.05, 0.1) is 25.8 Å². The summed E-state index contributed by atoms with van der Waals surface area (Å²) in [5.41, 5.74) is 0.767. The van der Waals surface area contributed by atoms with Crippen LogP contribution in [0.2, 0.25) is 0 Å². The maximum Gasteiger partial charge on any atom is 0.409 e. The van der Waals surface area contributed by atoms with E-state index >= 15 is 0 Å². The first kappa shape index (κ1) is 27.1. The van der Waals surface area contributed by atoms with Crippen molar-refractivity contribution < 1.29 is 38.1 Å². The van der Waals surface area contributed by atoms with Gasteiger partial charge in [-0.25, -0.2) is 9.78 Å². The van der Waals surface area contributed by atoms with Crippen molar-refractivity contribution in [2.75, 3.05) is 59.7 Å². The fourth-order valence-electron chi connectivity index (χ4n) is 4.18. The predicted octanol–water partition coefficient (Wildman–Crippen LogP) is 1.22. The van der Waals surface area contributed by atoms with Gasteiger partial charge in [0.2, 0.25) is 5.91 Å². The van der Waals surface area contributed by atoms with Crippen LogP contribution in [0.15, 0.2) is 30.3 Å². The van der Waals surface area contributed by atoms with Crippen molar-refractivity contribution in [1.82, 2.24) is 20.1 Å². The third-order valence-corrected chi connectivity index (χ3v) is 6.36. The van der Waals surface area contributed by atoms with E-state index in [0.717, 1.165) is 5.39 Å². The Morgan fingerprint density at radius 3 is 2.53 bits per heavy atom. The molecule has 204 valence electrons. The Kier molecular flexibility index (Phi) is 8.95. The van der Waals surface area contributed by atoms with E-state index in [9.17, 15) is 19.2 Å². The maximum atomic E-state index is 13.1. The lowest BCUT2D eigenvalue weighted by molar-refractivity contribution is -0.154. The molecule has 1 aromatic heterocycles. The molecule has 2 unspecified atom stereocenters. The van der Waals surface area contributed by atoms with Gasteiger partial charge in [-0.2, -0.15) is 0 Å². The van der Waals surface area contributed by atoms with Crippen molar-refractivity contribution in [3.63, 3.8) is 0 Å². The molecule has 12 heteroatoms. The molecule has 0 radical (unpaired) electrons. The molecule has 2 fully saturated rings. The highest BCUT2D eigenvalue weighted by atomic mass is 16.6. The molecule has 2 aliphatic rings. The van der Waals surface area contributed by atoms with Crippen molar-refractivity contribution in [3.8, 4) is 5.75 Å². The number of hydrogen-bond donors (Lipinski definition) is 1. The van der Waals surface area contributed by atoms with Crippen LogP contribution in [0.5, 0.6) is 5.75 Å². The van der Waals surface area contributed by atoms with Crippen LogP contribution in [-0.2, 0) is 23.8 Å². The van der Waals surface area contributed by atoms with Crippen molar-refractivity contribution in [2.24, 2.45) is 5.92 Å². The molecule has 1 N–H and O–H groups in total. The average molecular weight is 529 g/mol.